The average Bonchev–Trinajstić information content (AvgIpc) is 2.73. The zero-order chi connectivity index (χ0) is 14.7. The lowest BCUT2D eigenvalue weighted by Gasteiger charge is -2.14. The highest BCUT2D eigenvalue weighted by Crippen LogP contribution is 2.28. The van der Waals surface area contributed by atoms with Crippen molar-refractivity contribution < 1.29 is 8.95 Å². The van der Waals surface area contributed by atoms with Gasteiger partial charge < -0.3 is 14.3 Å². The number of hydrogen-bond acceptors (Lipinski definition) is 3. The maximum absolute atomic E-state index is 11.3. The van der Waals surface area contributed by atoms with Gasteiger partial charge in [-0.05, 0) is 44.6 Å². The van der Waals surface area contributed by atoms with Crippen LogP contribution in [0.15, 0.2) is 18.2 Å². The monoisotopic (exact) mass is 312 g/mol. The van der Waals surface area contributed by atoms with Crippen LogP contribution in [-0.4, -0.2) is 32.4 Å². The minimum absolute atomic E-state index is 0.206. The van der Waals surface area contributed by atoms with Crippen LogP contribution >= 0.6 is 12.2 Å². The maximum Gasteiger partial charge on any atom is 0.178 e. The molecule has 1 aromatic heterocycles. The number of rotatable bonds is 6. The van der Waals surface area contributed by atoms with Crippen LogP contribution in [0.25, 0.3) is 11.0 Å². The van der Waals surface area contributed by atoms with Gasteiger partial charge in [-0.3, -0.25) is 4.21 Å². The molecule has 0 amide bonds. The molecule has 0 bridgehead atoms. The van der Waals surface area contributed by atoms with Crippen molar-refractivity contribution in [3.8, 4) is 5.75 Å². The van der Waals surface area contributed by atoms with Gasteiger partial charge in [0.15, 0.2) is 4.77 Å². The number of imidazole rings is 1. The van der Waals surface area contributed by atoms with E-state index < -0.39 is 10.8 Å². The Hall–Kier alpha value is -1.14. The highest BCUT2D eigenvalue weighted by Gasteiger charge is 2.14. The average molecular weight is 312 g/mol. The molecule has 0 saturated heterocycles. The van der Waals surface area contributed by atoms with Crippen molar-refractivity contribution >= 4 is 34.1 Å². The Balaban J connectivity index is 2.43. The summed E-state index contributed by atoms with van der Waals surface area (Å²) in [5.41, 5.74) is 1.97. The van der Waals surface area contributed by atoms with E-state index in [4.69, 9.17) is 17.0 Å². The molecule has 0 aliphatic rings. The molecule has 0 fully saturated rings. The van der Waals surface area contributed by atoms with E-state index in [0.29, 0.717) is 17.1 Å². The van der Waals surface area contributed by atoms with Crippen LogP contribution in [0.3, 0.4) is 0 Å². The van der Waals surface area contributed by atoms with E-state index in [1.165, 1.54) is 0 Å². The van der Waals surface area contributed by atoms with E-state index in [1.807, 2.05) is 25.1 Å². The number of para-hydroxylation sites is 1. The van der Waals surface area contributed by atoms with Crippen molar-refractivity contribution in [2.45, 2.75) is 26.3 Å². The van der Waals surface area contributed by atoms with Gasteiger partial charge in [0.25, 0.3) is 0 Å². The first-order chi connectivity index (χ1) is 9.54. The van der Waals surface area contributed by atoms with Crippen LogP contribution < -0.4 is 4.74 Å². The van der Waals surface area contributed by atoms with Crippen molar-refractivity contribution in [2.24, 2.45) is 0 Å². The van der Waals surface area contributed by atoms with Crippen molar-refractivity contribution in [1.82, 2.24) is 9.55 Å². The third-order valence-electron chi connectivity index (χ3n) is 3.28. The topological polar surface area (TPSA) is 47.0 Å². The number of H-pyrrole nitrogens is 1. The van der Waals surface area contributed by atoms with E-state index in [0.717, 1.165) is 23.2 Å². The van der Waals surface area contributed by atoms with Crippen molar-refractivity contribution in [3.05, 3.63) is 23.0 Å². The molecule has 6 heteroatoms. The summed E-state index contributed by atoms with van der Waals surface area (Å²) < 4.78 is 19.6. The lowest BCUT2D eigenvalue weighted by molar-refractivity contribution is 0.343. The molecule has 2 aromatic rings. The number of hydrogen-bond donors (Lipinski definition) is 1. The summed E-state index contributed by atoms with van der Waals surface area (Å²) >= 11 is 5.43. The normalized spacial score (nSPS) is 14.3. The Morgan fingerprint density at radius 1 is 1.50 bits per heavy atom. The first kappa shape index (κ1) is 15.3. The van der Waals surface area contributed by atoms with Gasteiger partial charge in [0, 0.05) is 28.9 Å². The molecule has 0 spiro atoms. The van der Waals surface area contributed by atoms with Crippen molar-refractivity contribution in [3.63, 3.8) is 0 Å². The van der Waals surface area contributed by atoms with Gasteiger partial charge in [0.05, 0.1) is 12.1 Å². The fourth-order valence-corrected chi connectivity index (χ4v) is 3.35. The van der Waals surface area contributed by atoms with Gasteiger partial charge in [-0.1, -0.05) is 6.07 Å². The second-order valence-electron chi connectivity index (χ2n) is 4.80. The van der Waals surface area contributed by atoms with Gasteiger partial charge in [-0.15, -0.1) is 0 Å². The second kappa shape index (κ2) is 6.54. The van der Waals surface area contributed by atoms with Gasteiger partial charge in [-0.2, -0.15) is 0 Å². The molecule has 1 aromatic carbocycles. The largest absolute Gasteiger partial charge is 0.492 e. The Morgan fingerprint density at radius 2 is 2.25 bits per heavy atom. The predicted molar refractivity (Wildman–Crippen MR) is 86.6 cm³/mol. The number of nitrogens with zero attached hydrogens (tertiary/aromatic N) is 1. The molecule has 0 aliphatic heterocycles. The van der Waals surface area contributed by atoms with Crippen LogP contribution in [0.5, 0.6) is 5.75 Å². The van der Waals surface area contributed by atoms with Crippen LogP contribution in [-0.2, 0) is 10.8 Å². The molecule has 2 rings (SSSR count). The smallest absolute Gasteiger partial charge is 0.178 e. The fraction of sp³-hybridized carbons (Fsp3) is 0.500. The molecule has 0 saturated carbocycles. The Kier molecular flexibility index (Phi) is 4.99. The molecular formula is C14H20N2O2S2. The van der Waals surface area contributed by atoms with E-state index in [9.17, 15) is 4.21 Å². The molecule has 1 N–H and O–H groups in total. The molecule has 0 aliphatic carbocycles. The summed E-state index contributed by atoms with van der Waals surface area (Å²) in [6, 6.07) is 6.14. The van der Waals surface area contributed by atoms with Crippen LogP contribution in [0.4, 0.5) is 0 Å². The molecule has 0 radical (unpaired) electrons. The van der Waals surface area contributed by atoms with E-state index in [1.54, 1.807) is 6.26 Å². The third-order valence-corrected chi connectivity index (χ3v) is 4.39. The number of ether oxygens (including phenoxy) is 1. The standard InChI is InChI=1S/C14H20N2O2S2/c1-4-18-12-7-5-6-11-13(12)15-14(19)16(11)10(2)8-9-20(3)17/h5-7,10H,4,8-9H2,1-3H3,(H,15,19). The number of nitrogens with one attached hydrogen (secondary N) is 1. The number of aromatic amines is 1. The Bertz CT molecular complexity index is 675. The summed E-state index contributed by atoms with van der Waals surface area (Å²) in [6.07, 6.45) is 2.57. The van der Waals surface area contributed by atoms with Gasteiger partial charge in [0.2, 0.25) is 0 Å². The fourth-order valence-electron chi connectivity index (χ4n) is 2.30. The van der Waals surface area contributed by atoms with Gasteiger partial charge in [0.1, 0.15) is 11.3 Å². The van der Waals surface area contributed by atoms with Gasteiger partial charge in [-0.25, -0.2) is 0 Å². The maximum atomic E-state index is 11.3. The first-order valence-corrected chi connectivity index (χ1v) is 8.84. The van der Waals surface area contributed by atoms with Crippen molar-refractivity contribution in [1.29, 1.82) is 0 Å². The molecule has 20 heavy (non-hydrogen) atoms. The third kappa shape index (κ3) is 3.12. The SMILES string of the molecule is CCOc1cccc2c1[nH]c(=S)n2C(C)CCS(C)=O. The molecular weight excluding hydrogens is 292 g/mol. The molecule has 110 valence electrons. The van der Waals surface area contributed by atoms with E-state index in [2.05, 4.69) is 16.5 Å². The lowest BCUT2D eigenvalue weighted by atomic mass is 10.2. The van der Waals surface area contributed by atoms with E-state index in [-0.39, 0.29) is 6.04 Å². The summed E-state index contributed by atoms with van der Waals surface area (Å²) in [6.45, 7) is 4.68. The minimum Gasteiger partial charge on any atom is -0.492 e. The molecule has 1 heterocycles. The number of aromatic nitrogens is 2. The Labute approximate surface area is 126 Å². The summed E-state index contributed by atoms with van der Waals surface area (Å²) in [4.78, 5) is 3.23. The van der Waals surface area contributed by atoms with Gasteiger partial charge >= 0.3 is 0 Å². The zero-order valence-corrected chi connectivity index (χ0v) is 13.6. The minimum atomic E-state index is -0.778. The first-order valence-electron chi connectivity index (χ1n) is 6.70. The Morgan fingerprint density at radius 3 is 2.90 bits per heavy atom. The highest BCUT2D eigenvalue weighted by molar-refractivity contribution is 7.84. The van der Waals surface area contributed by atoms with E-state index >= 15 is 0 Å². The molecule has 2 unspecified atom stereocenters. The zero-order valence-electron chi connectivity index (χ0n) is 12.0. The van der Waals surface area contributed by atoms with Crippen LogP contribution in [0.1, 0.15) is 26.3 Å². The lowest BCUT2D eigenvalue weighted by Crippen LogP contribution is -2.09. The molecule has 2 atom stereocenters. The quantitative estimate of drug-likeness (QED) is 0.831. The number of benzene rings is 1. The van der Waals surface area contributed by atoms with Crippen LogP contribution in [0, 0.1) is 4.77 Å². The summed E-state index contributed by atoms with van der Waals surface area (Å²) in [5, 5.41) is 0. The second-order valence-corrected chi connectivity index (χ2v) is 6.74. The summed E-state index contributed by atoms with van der Waals surface area (Å²) in [7, 11) is -0.778. The highest BCUT2D eigenvalue weighted by atomic mass is 32.2. The molecule has 4 nitrogen and oxygen atoms in total. The summed E-state index contributed by atoms with van der Waals surface area (Å²) in [5.74, 6) is 1.50. The van der Waals surface area contributed by atoms with Crippen molar-refractivity contribution in [2.75, 3.05) is 18.6 Å². The number of fused-ring (bicyclic) bond motifs is 1. The predicted octanol–water partition coefficient (Wildman–Crippen LogP) is 3.43. The van der Waals surface area contributed by atoms with Crippen LogP contribution in [0.2, 0.25) is 0 Å².